The van der Waals surface area contributed by atoms with Gasteiger partial charge in [-0.05, 0) is 32.3 Å². The van der Waals surface area contributed by atoms with Gasteiger partial charge in [0.05, 0.1) is 21.9 Å². The number of aromatic nitrogens is 5. The summed E-state index contributed by atoms with van der Waals surface area (Å²) in [7, 11) is 3.92. The summed E-state index contributed by atoms with van der Waals surface area (Å²) in [6.07, 6.45) is 4.49. The van der Waals surface area contributed by atoms with Crippen LogP contribution in [0, 0.1) is 5.82 Å². The predicted molar refractivity (Wildman–Crippen MR) is 136 cm³/mol. The van der Waals surface area contributed by atoms with Crippen molar-refractivity contribution in [3.8, 4) is 17.2 Å². The highest BCUT2D eigenvalue weighted by molar-refractivity contribution is 6.32. The second-order valence-electron chi connectivity index (χ2n) is 8.20. The monoisotopic (exact) mass is 508 g/mol. The van der Waals surface area contributed by atoms with Crippen LogP contribution in [0.2, 0.25) is 5.02 Å². The Hall–Kier alpha value is -4.22. The van der Waals surface area contributed by atoms with Crippen molar-refractivity contribution < 1.29 is 13.9 Å². The standard InChI is InChI=1S/C24H22ClFN8O2/c1-33(2)5-6-35-22-11-19-15(8-18(22)27)24(30-12-28-19)32-20-9-16(25)21(10-17(20)26)36-14-3-4-34-23(7-14)29-13-31-34/h3-4,7-13H,5-6,27H2,1-2H3,(H,28,30,32). The van der Waals surface area contributed by atoms with Crippen LogP contribution in [0.3, 0.4) is 0 Å². The van der Waals surface area contributed by atoms with E-state index < -0.39 is 5.82 Å². The number of ether oxygens (including phenoxy) is 2. The van der Waals surface area contributed by atoms with Crippen molar-refractivity contribution in [3.63, 3.8) is 0 Å². The van der Waals surface area contributed by atoms with Gasteiger partial charge in [-0.3, -0.25) is 0 Å². The molecule has 184 valence electrons. The number of halogens is 2. The Balaban J connectivity index is 1.39. The molecular formula is C24H22ClFN8O2. The highest BCUT2D eigenvalue weighted by Gasteiger charge is 2.15. The Kier molecular flexibility index (Phi) is 6.40. The van der Waals surface area contributed by atoms with Gasteiger partial charge in [0.25, 0.3) is 0 Å². The number of likely N-dealkylation sites (N-methyl/N-ethyl adjacent to an activating group) is 1. The predicted octanol–water partition coefficient (Wildman–Crippen LogP) is 4.52. The lowest BCUT2D eigenvalue weighted by Crippen LogP contribution is -2.19. The molecule has 0 amide bonds. The summed E-state index contributed by atoms with van der Waals surface area (Å²) in [5.41, 5.74) is 7.92. The lowest BCUT2D eigenvalue weighted by atomic mass is 10.2. The zero-order chi connectivity index (χ0) is 25.2. The number of nitrogens with one attached hydrogen (secondary N) is 1. The highest BCUT2D eigenvalue weighted by Crippen LogP contribution is 2.36. The van der Waals surface area contributed by atoms with E-state index in [4.69, 9.17) is 26.8 Å². The molecule has 3 heterocycles. The van der Waals surface area contributed by atoms with Gasteiger partial charge in [0, 0.05) is 36.3 Å². The van der Waals surface area contributed by atoms with E-state index in [1.807, 2.05) is 19.0 Å². The number of hydrogen-bond acceptors (Lipinski definition) is 9. The summed E-state index contributed by atoms with van der Waals surface area (Å²) >= 11 is 6.41. The molecule has 0 spiro atoms. The van der Waals surface area contributed by atoms with Crippen LogP contribution < -0.4 is 20.5 Å². The first kappa shape index (κ1) is 23.5. The lowest BCUT2D eigenvalue weighted by Gasteiger charge is -2.15. The van der Waals surface area contributed by atoms with E-state index in [9.17, 15) is 0 Å². The second-order valence-corrected chi connectivity index (χ2v) is 8.60. The summed E-state index contributed by atoms with van der Waals surface area (Å²) in [4.78, 5) is 14.7. The maximum Gasteiger partial charge on any atom is 0.158 e. The maximum atomic E-state index is 15.1. The van der Waals surface area contributed by atoms with Gasteiger partial charge in [0.2, 0.25) is 0 Å². The first-order valence-corrected chi connectivity index (χ1v) is 11.3. The molecule has 12 heteroatoms. The molecule has 5 aromatic rings. The summed E-state index contributed by atoms with van der Waals surface area (Å²) in [5, 5.41) is 7.82. The molecule has 0 saturated heterocycles. The fourth-order valence-corrected chi connectivity index (χ4v) is 3.68. The number of benzene rings is 2. The molecule has 0 radical (unpaired) electrons. The Morgan fingerprint density at radius 2 is 1.94 bits per heavy atom. The van der Waals surface area contributed by atoms with Gasteiger partial charge in [0.15, 0.2) is 5.65 Å². The second kappa shape index (κ2) is 9.80. The molecule has 3 N–H and O–H groups in total. The van der Waals surface area contributed by atoms with Crippen molar-refractivity contribution in [1.29, 1.82) is 0 Å². The van der Waals surface area contributed by atoms with Crippen LogP contribution in [0.15, 0.2) is 55.2 Å². The van der Waals surface area contributed by atoms with Gasteiger partial charge >= 0.3 is 0 Å². The fourth-order valence-electron chi connectivity index (χ4n) is 3.48. The molecule has 10 nitrogen and oxygen atoms in total. The van der Waals surface area contributed by atoms with E-state index in [0.29, 0.717) is 46.2 Å². The summed E-state index contributed by atoms with van der Waals surface area (Å²) in [6.45, 7) is 1.22. The molecule has 0 atom stereocenters. The molecule has 0 saturated carbocycles. The van der Waals surface area contributed by atoms with Crippen LogP contribution in [0.1, 0.15) is 0 Å². The van der Waals surface area contributed by atoms with E-state index in [0.717, 1.165) is 6.54 Å². The van der Waals surface area contributed by atoms with Crippen LogP contribution in [0.25, 0.3) is 16.6 Å². The zero-order valence-electron chi connectivity index (χ0n) is 19.4. The van der Waals surface area contributed by atoms with Gasteiger partial charge in [-0.2, -0.15) is 5.10 Å². The molecule has 0 aliphatic carbocycles. The topological polar surface area (TPSA) is 116 Å². The molecule has 2 aromatic carbocycles. The van der Waals surface area contributed by atoms with Crippen LogP contribution in [-0.4, -0.2) is 56.7 Å². The maximum absolute atomic E-state index is 15.1. The molecule has 36 heavy (non-hydrogen) atoms. The average Bonchev–Trinajstić information content (AvgIpc) is 3.31. The van der Waals surface area contributed by atoms with Crippen molar-refractivity contribution in [2.75, 3.05) is 38.3 Å². The van der Waals surface area contributed by atoms with E-state index in [1.54, 1.807) is 35.0 Å². The van der Waals surface area contributed by atoms with Gasteiger partial charge in [0.1, 0.15) is 48.1 Å². The number of pyridine rings is 1. The number of nitrogens with zero attached hydrogens (tertiary/aromatic N) is 6. The summed E-state index contributed by atoms with van der Waals surface area (Å²) in [6, 6.07) is 9.41. The smallest absolute Gasteiger partial charge is 0.158 e. The van der Waals surface area contributed by atoms with Gasteiger partial charge in [-0.25, -0.2) is 23.9 Å². The molecule has 0 bridgehead atoms. The Morgan fingerprint density at radius 1 is 1.08 bits per heavy atom. The van der Waals surface area contributed by atoms with E-state index in [2.05, 4.69) is 25.4 Å². The van der Waals surface area contributed by atoms with Crippen molar-refractivity contribution in [2.45, 2.75) is 0 Å². The van der Waals surface area contributed by atoms with Crippen molar-refractivity contribution in [2.24, 2.45) is 0 Å². The number of fused-ring (bicyclic) bond motifs is 2. The lowest BCUT2D eigenvalue weighted by molar-refractivity contribution is 0.262. The normalized spacial score (nSPS) is 11.4. The molecular weight excluding hydrogens is 487 g/mol. The number of hydrogen-bond donors (Lipinski definition) is 2. The van der Waals surface area contributed by atoms with E-state index >= 15 is 4.39 Å². The van der Waals surface area contributed by atoms with Gasteiger partial charge in [-0.15, -0.1) is 0 Å². The van der Waals surface area contributed by atoms with Crippen molar-refractivity contribution >= 4 is 45.3 Å². The minimum atomic E-state index is -0.582. The number of nitrogen functional groups attached to an aromatic ring is 1. The van der Waals surface area contributed by atoms with Gasteiger partial charge < -0.3 is 25.4 Å². The Labute approximate surface area is 210 Å². The average molecular weight is 509 g/mol. The fraction of sp³-hybridized carbons (Fsp3) is 0.167. The van der Waals surface area contributed by atoms with Crippen LogP contribution in [0.4, 0.5) is 21.6 Å². The third-order valence-electron chi connectivity index (χ3n) is 5.32. The Bertz CT molecular complexity index is 1560. The minimum Gasteiger partial charge on any atom is -0.490 e. The summed E-state index contributed by atoms with van der Waals surface area (Å²) in [5.74, 6) is 0.904. The van der Waals surface area contributed by atoms with E-state index in [-0.39, 0.29) is 16.5 Å². The van der Waals surface area contributed by atoms with Gasteiger partial charge in [-0.1, -0.05) is 11.6 Å². The molecule has 0 aliphatic rings. The highest BCUT2D eigenvalue weighted by atomic mass is 35.5. The SMILES string of the molecule is CN(C)CCOc1cc2ncnc(Nc3cc(Cl)c(Oc4ccn5ncnc5c4)cc3F)c2cc1N. The third kappa shape index (κ3) is 4.92. The van der Waals surface area contributed by atoms with Crippen LogP contribution in [0.5, 0.6) is 17.2 Å². The molecule has 0 unspecified atom stereocenters. The van der Waals surface area contributed by atoms with Crippen molar-refractivity contribution in [1.82, 2.24) is 29.5 Å². The number of rotatable bonds is 8. The third-order valence-corrected chi connectivity index (χ3v) is 5.61. The first-order valence-electron chi connectivity index (χ1n) is 10.9. The quantitative estimate of drug-likeness (QED) is 0.292. The van der Waals surface area contributed by atoms with Crippen molar-refractivity contribution in [3.05, 3.63) is 66.1 Å². The van der Waals surface area contributed by atoms with Crippen LogP contribution in [-0.2, 0) is 0 Å². The summed E-state index contributed by atoms with van der Waals surface area (Å²) < 4.78 is 28.2. The van der Waals surface area contributed by atoms with Crippen LogP contribution >= 0.6 is 11.6 Å². The van der Waals surface area contributed by atoms with E-state index in [1.165, 1.54) is 24.8 Å². The molecule has 5 rings (SSSR count). The minimum absolute atomic E-state index is 0.116. The molecule has 0 fully saturated rings. The molecule has 3 aromatic heterocycles. The zero-order valence-corrected chi connectivity index (χ0v) is 20.2. The molecule has 0 aliphatic heterocycles. The Morgan fingerprint density at radius 3 is 2.78 bits per heavy atom. The largest absolute Gasteiger partial charge is 0.490 e. The first-order chi connectivity index (χ1) is 17.4. The number of nitrogens with two attached hydrogens (primary N) is 1. The number of anilines is 3.